The van der Waals surface area contributed by atoms with Crippen LogP contribution in [0.1, 0.15) is 23.8 Å². The SMILES string of the molecule is CCn1cc(N)c(C(=O)NC2CCS(=O)(=O)C2)n1. The standard InChI is InChI=1S/C10H16N4O3S/c1-2-14-5-8(11)9(13-14)10(15)12-7-3-4-18(16,17)6-7/h5,7H,2-4,6,11H2,1H3,(H,12,15). The number of nitrogen functional groups attached to an aromatic ring is 1. The zero-order valence-electron chi connectivity index (χ0n) is 10.1. The summed E-state index contributed by atoms with van der Waals surface area (Å²) in [4.78, 5) is 11.9. The Hall–Kier alpha value is -1.57. The van der Waals surface area contributed by atoms with Crippen molar-refractivity contribution in [2.45, 2.75) is 25.9 Å². The minimum absolute atomic E-state index is 0.00681. The highest BCUT2D eigenvalue weighted by Gasteiger charge is 2.30. The quantitative estimate of drug-likeness (QED) is 0.764. The van der Waals surface area contributed by atoms with E-state index in [0.29, 0.717) is 18.7 Å². The van der Waals surface area contributed by atoms with E-state index >= 15 is 0 Å². The minimum Gasteiger partial charge on any atom is -0.396 e. The number of carbonyl (C=O) groups is 1. The number of nitrogens with two attached hydrogens (primary N) is 1. The van der Waals surface area contributed by atoms with Gasteiger partial charge in [0.15, 0.2) is 15.5 Å². The number of aryl methyl sites for hydroxylation is 1. The van der Waals surface area contributed by atoms with Gasteiger partial charge in [0.2, 0.25) is 0 Å². The first-order valence-electron chi connectivity index (χ1n) is 5.75. The van der Waals surface area contributed by atoms with E-state index in [1.165, 1.54) is 0 Å². The van der Waals surface area contributed by atoms with Crippen molar-refractivity contribution in [1.29, 1.82) is 0 Å². The average molecular weight is 272 g/mol. The van der Waals surface area contributed by atoms with Gasteiger partial charge < -0.3 is 11.1 Å². The van der Waals surface area contributed by atoms with Gasteiger partial charge in [0.1, 0.15) is 0 Å². The molecular weight excluding hydrogens is 256 g/mol. The summed E-state index contributed by atoms with van der Waals surface area (Å²) in [6.07, 6.45) is 2.03. The number of nitrogens with one attached hydrogen (secondary N) is 1. The molecule has 2 heterocycles. The van der Waals surface area contributed by atoms with E-state index in [1.807, 2.05) is 6.92 Å². The molecule has 1 aromatic rings. The third-order valence-corrected chi connectivity index (χ3v) is 4.66. The zero-order chi connectivity index (χ0) is 13.3. The molecule has 1 aliphatic rings. The molecule has 7 nitrogen and oxygen atoms in total. The molecule has 1 fully saturated rings. The van der Waals surface area contributed by atoms with Crippen LogP contribution in [-0.2, 0) is 16.4 Å². The maximum atomic E-state index is 11.9. The van der Waals surface area contributed by atoms with Crippen LogP contribution in [-0.4, -0.2) is 41.7 Å². The van der Waals surface area contributed by atoms with E-state index in [4.69, 9.17) is 5.73 Å². The van der Waals surface area contributed by atoms with Crippen molar-refractivity contribution in [3.05, 3.63) is 11.9 Å². The topological polar surface area (TPSA) is 107 Å². The molecule has 1 unspecified atom stereocenters. The minimum atomic E-state index is -3.00. The van der Waals surface area contributed by atoms with Gasteiger partial charge in [-0.3, -0.25) is 9.48 Å². The average Bonchev–Trinajstić information content (AvgIpc) is 2.81. The van der Waals surface area contributed by atoms with Crippen molar-refractivity contribution in [3.63, 3.8) is 0 Å². The summed E-state index contributed by atoms with van der Waals surface area (Å²) in [5.74, 6) is -0.300. The first kappa shape index (κ1) is 12.9. The van der Waals surface area contributed by atoms with Crippen molar-refractivity contribution < 1.29 is 13.2 Å². The van der Waals surface area contributed by atoms with Gasteiger partial charge >= 0.3 is 0 Å². The summed E-state index contributed by atoms with van der Waals surface area (Å²) in [6, 6.07) is -0.339. The molecule has 0 saturated carbocycles. The Morgan fingerprint density at radius 3 is 2.89 bits per heavy atom. The van der Waals surface area contributed by atoms with E-state index in [1.54, 1.807) is 10.9 Å². The van der Waals surface area contributed by atoms with Crippen molar-refractivity contribution in [1.82, 2.24) is 15.1 Å². The smallest absolute Gasteiger partial charge is 0.274 e. The van der Waals surface area contributed by atoms with E-state index in [0.717, 1.165) is 0 Å². The fourth-order valence-corrected chi connectivity index (χ4v) is 3.61. The number of aromatic nitrogens is 2. The number of anilines is 1. The first-order valence-corrected chi connectivity index (χ1v) is 7.57. The van der Waals surface area contributed by atoms with Crippen LogP contribution in [0.25, 0.3) is 0 Å². The number of amides is 1. The number of nitrogens with zero attached hydrogens (tertiary/aromatic N) is 2. The molecule has 0 aliphatic carbocycles. The van der Waals surface area contributed by atoms with Crippen LogP contribution in [0.5, 0.6) is 0 Å². The number of hydrogen-bond acceptors (Lipinski definition) is 5. The number of sulfone groups is 1. The van der Waals surface area contributed by atoms with E-state index in [-0.39, 0.29) is 23.2 Å². The van der Waals surface area contributed by atoms with Gasteiger partial charge in [0.05, 0.1) is 17.2 Å². The molecule has 100 valence electrons. The summed E-state index contributed by atoms with van der Waals surface area (Å²) >= 11 is 0. The highest BCUT2D eigenvalue weighted by molar-refractivity contribution is 7.91. The zero-order valence-corrected chi connectivity index (χ0v) is 10.9. The van der Waals surface area contributed by atoms with Gasteiger partial charge in [-0.15, -0.1) is 0 Å². The second kappa shape index (κ2) is 4.60. The van der Waals surface area contributed by atoms with Gasteiger partial charge in [-0.05, 0) is 13.3 Å². The number of carbonyl (C=O) groups excluding carboxylic acids is 1. The fraction of sp³-hybridized carbons (Fsp3) is 0.600. The van der Waals surface area contributed by atoms with Crippen LogP contribution >= 0.6 is 0 Å². The first-order chi connectivity index (χ1) is 8.41. The molecule has 0 aromatic carbocycles. The Labute approximate surface area is 105 Å². The van der Waals surface area contributed by atoms with Crippen molar-refractivity contribution in [2.24, 2.45) is 0 Å². The van der Waals surface area contributed by atoms with E-state index in [9.17, 15) is 13.2 Å². The fourth-order valence-electron chi connectivity index (χ4n) is 1.94. The number of rotatable bonds is 3. The normalized spacial score (nSPS) is 21.9. The molecule has 1 atom stereocenters. The van der Waals surface area contributed by atoms with Crippen LogP contribution in [0.3, 0.4) is 0 Å². The van der Waals surface area contributed by atoms with Gasteiger partial charge in [-0.2, -0.15) is 5.10 Å². The van der Waals surface area contributed by atoms with E-state index < -0.39 is 15.7 Å². The van der Waals surface area contributed by atoms with Crippen LogP contribution < -0.4 is 11.1 Å². The van der Waals surface area contributed by atoms with Crippen molar-refractivity contribution >= 4 is 21.4 Å². The molecule has 1 amide bonds. The summed E-state index contributed by atoms with van der Waals surface area (Å²) in [5, 5.41) is 6.69. The molecule has 1 saturated heterocycles. The molecule has 0 radical (unpaired) electrons. The predicted octanol–water partition coefficient (Wildman–Crippen LogP) is -0.598. The largest absolute Gasteiger partial charge is 0.396 e. The van der Waals surface area contributed by atoms with Crippen molar-refractivity contribution in [2.75, 3.05) is 17.2 Å². The third-order valence-electron chi connectivity index (χ3n) is 2.90. The maximum absolute atomic E-state index is 11.9. The second-order valence-electron chi connectivity index (χ2n) is 4.36. The summed E-state index contributed by atoms with van der Waals surface area (Å²) in [7, 11) is -3.00. The summed E-state index contributed by atoms with van der Waals surface area (Å²) in [6.45, 7) is 2.51. The lowest BCUT2D eigenvalue weighted by Gasteiger charge is -2.09. The Morgan fingerprint density at radius 2 is 2.39 bits per heavy atom. The highest BCUT2D eigenvalue weighted by Crippen LogP contribution is 2.14. The molecule has 2 rings (SSSR count). The lowest BCUT2D eigenvalue weighted by Crippen LogP contribution is -2.36. The second-order valence-corrected chi connectivity index (χ2v) is 6.59. The van der Waals surface area contributed by atoms with Gasteiger partial charge in [-0.1, -0.05) is 0 Å². The summed E-state index contributed by atoms with van der Waals surface area (Å²) in [5.41, 5.74) is 6.14. The Balaban J connectivity index is 2.06. The van der Waals surface area contributed by atoms with Crippen LogP contribution in [0.2, 0.25) is 0 Å². The lowest BCUT2D eigenvalue weighted by molar-refractivity contribution is 0.0936. The third kappa shape index (κ3) is 2.63. The predicted molar refractivity (Wildman–Crippen MR) is 66.8 cm³/mol. The molecule has 3 N–H and O–H groups in total. The number of hydrogen-bond donors (Lipinski definition) is 2. The molecule has 1 aliphatic heterocycles. The Morgan fingerprint density at radius 1 is 1.67 bits per heavy atom. The monoisotopic (exact) mass is 272 g/mol. The molecular formula is C10H16N4O3S. The highest BCUT2D eigenvalue weighted by atomic mass is 32.2. The van der Waals surface area contributed by atoms with Gasteiger partial charge in [0.25, 0.3) is 5.91 Å². The Bertz CT molecular complexity index is 564. The maximum Gasteiger partial charge on any atom is 0.274 e. The van der Waals surface area contributed by atoms with Gasteiger partial charge in [-0.25, -0.2) is 8.42 Å². The van der Waals surface area contributed by atoms with Crippen LogP contribution in [0.15, 0.2) is 6.20 Å². The molecule has 0 spiro atoms. The Kier molecular flexibility index (Phi) is 3.29. The molecule has 1 aromatic heterocycles. The van der Waals surface area contributed by atoms with Gasteiger partial charge in [0, 0.05) is 18.8 Å². The van der Waals surface area contributed by atoms with E-state index in [2.05, 4.69) is 10.4 Å². The molecule has 0 bridgehead atoms. The van der Waals surface area contributed by atoms with Crippen LogP contribution in [0.4, 0.5) is 5.69 Å². The van der Waals surface area contributed by atoms with Crippen molar-refractivity contribution in [3.8, 4) is 0 Å². The summed E-state index contributed by atoms with van der Waals surface area (Å²) < 4.78 is 24.1. The molecule has 8 heteroatoms. The molecule has 18 heavy (non-hydrogen) atoms. The lowest BCUT2D eigenvalue weighted by atomic mass is 10.2. The van der Waals surface area contributed by atoms with Crippen LogP contribution in [0, 0.1) is 0 Å².